The first-order valence-corrected chi connectivity index (χ1v) is 9.52. The zero-order valence-electron chi connectivity index (χ0n) is 16.3. The van der Waals surface area contributed by atoms with Gasteiger partial charge in [0.2, 0.25) is 5.91 Å². The Balaban J connectivity index is 1.50. The van der Waals surface area contributed by atoms with Crippen molar-refractivity contribution < 1.29 is 18.3 Å². The van der Waals surface area contributed by atoms with Crippen molar-refractivity contribution in [3.05, 3.63) is 47.8 Å². The summed E-state index contributed by atoms with van der Waals surface area (Å²) in [5.41, 5.74) is 2.48. The van der Waals surface area contributed by atoms with Crippen LogP contribution in [-0.4, -0.2) is 33.2 Å². The van der Waals surface area contributed by atoms with Gasteiger partial charge in [0.25, 0.3) is 5.92 Å². The van der Waals surface area contributed by atoms with Crippen LogP contribution in [0.25, 0.3) is 10.9 Å². The summed E-state index contributed by atoms with van der Waals surface area (Å²) in [7, 11) is 0. The third-order valence-corrected chi connectivity index (χ3v) is 4.74. The lowest BCUT2D eigenvalue weighted by atomic mass is 10.1. The highest BCUT2D eigenvalue weighted by atomic mass is 19.3. The molecule has 1 saturated carbocycles. The molecule has 0 bridgehead atoms. The molecular formula is C21H22F2N4O2. The number of benzene rings is 1. The van der Waals surface area contributed by atoms with E-state index in [1.807, 2.05) is 25.3 Å². The number of amides is 1. The lowest BCUT2D eigenvalue weighted by Gasteiger charge is -2.14. The Kier molecular flexibility index (Phi) is 4.94. The molecule has 0 unspecified atom stereocenters. The fourth-order valence-electron chi connectivity index (χ4n) is 3.10. The first-order valence-electron chi connectivity index (χ1n) is 9.52. The number of anilines is 1. The van der Waals surface area contributed by atoms with E-state index in [4.69, 9.17) is 4.74 Å². The number of aryl methyl sites for hydroxylation is 1. The molecular weight excluding hydrogens is 378 g/mol. The van der Waals surface area contributed by atoms with E-state index in [2.05, 4.69) is 15.4 Å². The van der Waals surface area contributed by atoms with Gasteiger partial charge in [-0.1, -0.05) is 12.1 Å². The van der Waals surface area contributed by atoms with Crippen LogP contribution in [0.5, 0.6) is 5.75 Å². The minimum absolute atomic E-state index is 0.00150. The molecule has 29 heavy (non-hydrogen) atoms. The predicted octanol–water partition coefficient (Wildman–Crippen LogP) is 4.17. The number of aromatic nitrogens is 3. The highest BCUT2D eigenvalue weighted by Crippen LogP contribution is 2.31. The van der Waals surface area contributed by atoms with Crippen molar-refractivity contribution in [1.29, 1.82) is 0 Å². The quantitative estimate of drug-likeness (QED) is 0.646. The summed E-state index contributed by atoms with van der Waals surface area (Å²) < 4.78 is 33.0. The average molecular weight is 400 g/mol. The van der Waals surface area contributed by atoms with Crippen molar-refractivity contribution in [1.82, 2.24) is 14.8 Å². The molecule has 1 amide bonds. The number of hydrogen-bond donors (Lipinski definition) is 1. The third-order valence-electron chi connectivity index (χ3n) is 4.74. The number of alkyl halides is 2. The third kappa shape index (κ3) is 4.70. The van der Waals surface area contributed by atoms with Gasteiger partial charge in [-0.05, 0) is 43.0 Å². The van der Waals surface area contributed by atoms with E-state index in [-0.39, 0.29) is 11.8 Å². The Bertz CT molecular complexity index is 1050. The van der Waals surface area contributed by atoms with Gasteiger partial charge < -0.3 is 10.1 Å². The summed E-state index contributed by atoms with van der Waals surface area (Å²) >= 11 is 0. The zero-order valence-corrected chi connectivity index (χ0v) is 16.3. The molecule has 1 aliphatic rings. The number of carbonyl (C=O) groups excluding carboxylic acids is 1. The summed E-state index contributed by atoms with van der Waals surface area (Å²) in [4.78, 5) is 16.3. The molecule has 6 nitrogen and oxygen atoms in total. The second-order valence-electron chi connectivity index (χ2n) is 7.64. The number of pyridine rings is 1. The summed E-state index contributed by atoms with van der Waals surface area (Å²) in [6, 6.07) is 7.22. The average Bonchev–Trinajstić information content (AvgIpc) is 3.41. The maximum Gasteiger partial charge on any atom is 0.278 e. The molecule has 1 aromatic carbocycles. The molecule has 3 aromatic rings. The number of carbonyl (C=O) groups is 1. The van der Waals surface area contributed by atoms with Crippen LogP contribution in [0.3, 0.4) is 0 Å². The summed E-state index contributed by atoms with van der Waals surface area (Å²) in [6.07, 6.45) is 5.33. The predicted molar refractivity (Wildman–Crippen MR) is 105 cm³/mol. The topological polar surface area (TPSA) is 69.0 Å². The van der Waals surface area contributed by atoms with E-state index in [9.17, 15) is 13.6 Å². The first-order chi connectivity index (χ1) is 13.8. The molecule has 4 rings (SSSR count). The van der Waals surface area contributed by atoms with Crippen LogP contribution in [0.15, 0.2) is 36.7 Å². The number of halogens is 2. The van der Waals surface area contributed by atoms with Crippen molar-refractivity contribution in [2.45, 2.75) is 39.2 Å². The van der Waals surface area contributed by atoms with Gasteiger partial charge >= 0.3 is 0 Å². The van der Waals surface area contributed by atoms with Crippen molar-refractivity contribution in [2.75, 3.05) is 11.9 Å². The molecule has 1 N–H and O–H groups in total. The highest BCUT2D eigenvalue weighted by molar-refractivity contribution is 6.00. The molecule has 1 aliphatic carbocycles. The highest BCUT2D eigenvalue weighted by Gasteiger charge is 2.30. The number of nitrogens with zero attached hydrogens (tertiary/aromatic N) is 3. The van der Waals surface area contributed by atoms with Gasteiger partial charge in [-0.3, -0.25) is 9.48 Å². The molecule has 8 heteroatoms. The Morgan fingerprint density at radius 3 is 2.83 bits per heavy atom. The maximum atomic E-state index is 13.0. The molecule has 152 valence electrons. The number of rotatable bonds is 7. The maximum absolute atomic E-state index is 13.0. The van der Waals surface area contributed by atoms with E-state index >= 15 is 0 Å². The van der Waals surface area contributed by atoms with Crippen LogP contribution in [0.4, 0.5) is 14.6 Å². The molecule has 0 aliphatic heterocycles. The van der Waals surface area contributed by atoms with Crippen molar-refractivity contribution in [3.8, 4) is 5.75 Å². The minimum atomic E-state index is -2.87. The Morgan fingerprint density at radius 1 is 1.34 bits per heavy atom. The smallest absolute Gasteiger partial charge is 0.278 e. The van der Waals surface area contributed by atoms with Gasteiger partial charge in [-0.25, -0.2) is 13.8 Å². The van der Waals surface area contributed by atoms with Gasteiger partial charge in [0, 0.05) is 25.2 Å². The van der Waals surface area contributed by atoms with Gasteiger partial charge in [0.05, 0.1) is 17.4 Å². The van der Waals surface area contributed by atoms with Crippen molar-refractivity contribution in [3.63, 3.8) is 0 Å². The summed E-state index contributed by atoms with van der Waals surface area (Å²) in [5.74, 6) is -1.82. The fraction of sp³-hybridized carbons (Fsp3) is 0.381. The lowest BCUT2D eigenvalue weighted by molar-refractivity contribution is -0.117. The minimum Gasteiger partial charge on any atom is -0.487 e. The second kappa shape index (κ2) is 7.42. The van der Waals surface area contributed by atoms with Gasteiger partial charge in [-0.2, -0.15) is 5.10 Å². The van der Waals surface area contributed by atoms with Crippen LogP contribution < -0.4 is 10.1 Å². The largest absolute Gasteiger partial charge is 0.487 e. The number of fused-ring (bicyclic) bond motifs is 1. The molecule has 0 radical (unpaired) electrons. The molecule has 0 spiro atoms. The fourth-order valence-corrected chi connectivity index (χ4v) is 3.10. The van der Waals surface area contributed by atoms with Crippen LogP contribution >= 0.6 is 0 Å². The number of nitrogens with one attached hydrogen (secondary N) is 1. The van der Waals surface area contributed by atoms with Crippen LogP contribution in [0, 0.1) is 12.8 Å². The molecule has 0 saturated heterocycles. The van der Waals surface area contributed by atoms with E-state index in [0.29, 0.717) is 18.1 Å². The van der Waals surface area contributed by atoms with Crippen molar-refractivity contribution in [2.24, 2.45) is 5.92 Å². The zero-order chi connectivity index (χ0) is 20.6. The van der Waals surface area contributed by atoms with E-state index in [0.717, 1.165) is 41.8 Å². The van der Waals surface area contributed by atoms with Gasteiger partial charge in [0.15, 0.2) is 6.61 Å². The SMILES string of the molecule is Cc1cc(Cn2cc3c(NC(=O)C4CC4)nccc3n2)ccc1OCC(C)(F)F. The van der Waals surface area contributed by atoms with E-state index in [1.54, 1.807) is 23.0 Å². The van der Waals surface area contributed by atoms with Crippen LogP contribution in [-0.2, 0) is 11.3 Å². The normalized spacial score (nSPS) is 14.2. The number of ether oxygens (including phenoxy) is 1. The Hall–Kier alpha value is -3.03. The van der Waals surface area contributed by atoms with E-state index < -0.39 is 12.5 Å². The second-order valence-corrected chi connectivity index (χ2v) is 7.64. The van der Waals surface area contributed by atoms with Crippen molar-refractivity contribution >= 4 is 22.6 Å². The Labute approximate surface area is 166 Å². The van der Waals surface area contributed by atoms with Crippen LogP contribution in [0.2, 0.25) is 0 Å². The summed E-state index contributed by atoms with van der Waals surface area (Å²) in [6.45, 7) is 2.49. The molecule has 2 heterocycles. The van der Waals surface area contributed by atoms with E-state index in [1.165, 1.54) is 0 Å². The summed E-state index contributed by atoms with van der Waals surface area (Å²) in [5, 5.41) is 8.22. The Morgan fingerprint density at radius 2 is 2.14 bits per heavy atom. The first kappa shape index (κ1) is 19.3. The molecule has 0 atom stereocenters. The van der Waals surface area contributed by atoms with Gasteiger partial charge in [-0.15, -0.1) is 0 Å². The van der Waals surface area contributed by atoms with Gasteiger partial charge in [0.1, 0.15) is 11.6 Å². The molecule has 1 fully saturated rings. The lowest BCUT2D eigenvalue weighted by Crippen LogP contribution is -2.21. The standard InChI is InChI=1S/C21H22F2N4O2/c1-13-9-14(3-6-18(13)29-12-21(2,22)23)10-27-11-16-17(26-27)7-8-24-19(16)25-20(28)15-4-5-15/h3,6-9,11,15H,4-5,10,12H2,1-2H3,(H,24,25,28). The molecule has 2 aromatic heterocycles. The monoisotopic (exact) mass is 400 g/mol. The number of hydrogen-bond acceptors (Lipinski definition) is 4. The van der Waals surface area contributed by atoms with Crippen LogP contribution in [0.1, 0.15) is 30.9 Å².